The molecule has 6 nitrogen and oxygen atoms in total. The van der Waals surface area contributed by atoms with Crippen LogP contribution in [0.5, 0.6) is 0 Å². The lowest BCUT2D eigenvalue weighted by atomic mass is 10.0. The highest BCUT2D eigenvalue weighted by Gasteiger charge is 2.24. The van der Waals surface area contributed by atoms with Crippen LogP contribution in [0.15, 0.2) is 24.3 Å². The number of nitrogens with one attached hydrogen (secondary N) is 1. The van der Waals surface area contributed by atoms with Crippen molar-refractivity contribution in [2.24, 2.45) is 5.92 Å². The molecule has 1 aliphatic rings. The molecule has 1 amide bonds. The Balaban J connectivity index is 1.77. The molecule has 0 spiro atoms. The first-order valence-electron chi connectivity index (χ1n) is 9.43. The van der Waals surface area contributed by atoms with Gasteiger partial charge in [-0.25, -0.2) is 4.79 Å². The maximum Gasteiger partial charge on any atom is 0.328 e. The summed E-state index contributed by atoms with van der Waals surface area (Å²) in [5, 5.41) is 3.57. The Hall–Kier alpha value is -1.63. The summed E-state index contributed by atoms with van der Waals surface area (Å²) in [6.07, 6.45) is 0.575. The second kappa shape index (κ2) is 10.6. The Morgan fingerprint density at radius 3 is 2.44 bits per heavy atom. The second-order valence-electron chi connectivity index (χ2n) is 7.46. The molecule has 0 aliphatic carbocycles. The van der Waals surface area contributed by atoms with E-state index in [4.69, 9.17) is 16.3 Å². The molecule has 27 heavy (non-hydrogen) atoms. The Bertz CT molecular complexity index is 631. The van der Waals surface area contributed by atoms with Gasteiger partial charge in [0.2, 0.25) is 5.91 Å². The third-order valence-electron chi connectivity index (χ3n) is 4.66. The van der Waals surface area contributed by atoms with Crippen LogP contribution in [-0.4, -0.2) is 67.6 Å². The number of ether oxygens (including phenoxy) is 1. The third kappa shape index (κ3) is 7.48. The highest BCUT2D eigenvalue weighted by molar-refractivity contribution is 6.30. The van der Waals surface area contributed by atoms with E-state index in [1.165, 1.54) is 12.7 Å². The number of benzene rings is 1. The number of methoxy groups -OCH3 is 1. The number of esters is 1. The number of amides is 1. The first-order valence-corrected chi connectivity index (χ1v) is 9.81. The smallest absolute Gasteiger partial charge is 0.328 e. The molecule has 150 valence electrons. The van der Waals surface area contributed by atoms with Gasteiger partial charge in [0, 0.05) is 37.7 Å². The number of hydrogen-bond donors (Lipinski definition) is 1. The van der Waals surface area contributed by atoms with Gasteiger partial charge in [-0.3, -0.25) is 14.6 Å². The number of halogens is 1. The lowest BCUT2D eigenvalue weighted by Crippen LogP contribution is -2.51. The van der Waals surface area contributed by atoms with Gasteiger partial charge in [0.25, 0.3) is 0 Å². The Labute approximate surface area is 166 Å². The molecule has 0 aromatic heterocycles. The average molecular weight is 396 g/mol. The fraction of sp³-hybridized carbons (Fsp3) is 0.600. The summed E-state index contributed by atoms with van der Waals surface area (Å²) in [6.45, 7) is 8.62. The van der Waals surface area contributed by atoms with Crippen molar-refractivity contribution in [1.82, 2.24) is 15.1 Å². The number of piperazine rings is 1. The van der Waals surface area contributed by atoms with Crippen LogP contribution in [0.4, 0.5) is 0 Å². The largest absolute Gasteiger partial charge is 0.467 e. The van der Waals surface area contributed by atoms with E-state index in [2.05, 4.69) is 21.2 Å². The molecular formula is C20H30ClN3O3. The van der Waals surface area contributed by atoms with Crippen molar-refractivity contribution in [3.63, 3.8) is 0 Å². The van der Waals surface area contributed by atoms with Crippen LogP contribution < -0.4 is 5.32 Å². The molecule has 1 fully saturated rings. The van der Waals surface area contributed by atoms with Crippen molar-refractivity contribution in [1.29, 1.82) is 0 Å². The average Bonchev–Trinajstić information content (AvgIpc) is 2.62. The molecule has 1 atom stereocenters. The Morgan fingerprint density at radius 1 is 1.19 bits per heavy atom. The van der Waals surface area contributed by atoms with E-state index in [0.29, 0.717) is 18.9 Å². The van der Waals surface area contributed by atoms with Crippen LogP contribution in [0.1, 0.15) is 25.8 Å². The van der Waals surface area contributed by atoms with Gasteiger partial charge >= 0.3 is 5.97 Å². The molecule has 0 saturated carbocycles. The SMILES string of the molecule is COC(=O)[C@@H](CC(C)C)NC(=O)CN1CCN(Cc2cccc(Cl)c2)CC1. The van der Waals surface area contributed by atoms with Crippen molar-refractivity contribution in [2.45, 2.75) is 32.9 Å². The van der Waals surface area contributed by atoms with Gasteiger partial charge in [0.1, 0.15) is 6.04 Å². The minimum absolute atomic E-state index is 0.130. The van der Waals surface area contributed by atoms with Crippen LogP contribution in [0.2, 0.25) is 5.02 Å². The third-order valence-corrected chi connectivity index (χ3v) is 4.89. The highest BCUT2D eigenvalue weighted by atomic mass is 35.5. The lowest BCUT2D eigenvalue weighted by molar-refractivity contribution is -0.145. The fourth-order valence-corrected chi connectivity index (χ4v) is 3.48. The number of hydrogen-bond acceptors (Lipinski definition) is 5. The summed E-state index contributed by atoms with van der Waals surface area (Å²) in [5.74, 6) is -0.220. The lowest BCUT2D eigenvalue weighted by Gasteiger charge is -2.34. The molecule has 1 aromatic carbocycles. The molecule has 7 heteroatoms. The Kier molecular flexibility index (Phi) is 8.54. The summed E-state index contributed by atoms with van der Waals surface area (Å²) in [4.78, 5) is 28.7. The van der Waals surface area contributed by atoms with Gasteiger partial charge in [-0.15, -0.1) is 0 Å². The fourth-order valence-electron chi connectivity index (χ4n) is 3.27. The van der Waals surface area contributed by atoms with Crippen molar-refractivity contribution in [3.8, 4) is 0 Å². The normalized spacial score (nSPS) is 16.9. The molecule has 1 heterocycles. The topological polar surface area (TPSA) is 61.9 Å². The predicted octanol–water partition coefficient (Wildman–Crippen LogP) is 2.16. The molecular weight excluding hydrogens is 366 g/mol. The molecule has 1 N–H and O–H groups in total. The predicted molar refractivity (Wildman–Crippen MR) is 107 cm³/mol. The minimum atomic E-state index is -0.577. The molecule has 1 aromatic rings. The second-order valence-corrected chi connectivity index (χ2v) is 7.89. The zero-order valence-corrected chi connectivity index (χ0v) is 17.2. The molecule has 0 bridgehead atoms. The van der Waals surface area contributed by atoms with E-state index in [0.717, 1.165) is 37.7 Å². The van der Waals surface area contributed by atoms with Crippen molar-refractivity contribution in [2.75, 3.05) is 39.8 Å². The van der Waals surface area contributed by atoms with E-state index in [1.807, 2.05) is 32.0 Å². The summed E-state index contributed by atoms with van der Waals surface area (Å²) in [5.41, 5.74) is 1.20. The Morgan fingerprint density at radius 2 is 1.85 bits per heavy atom. The van der Waals surface area contributed by atoms with E-state index < -0.39 is 6.04 Å². The van der Waals surface area contributed by atoms with Gasteiger partial charge in [-0.1, -0.05) is 37.6 Å². The zero-order chi connectivity index (χ0) is 19.8. The van der Waals surface area contributed by atoms with Crippen LogP contribution in [0.3, 0.4) is 0 Å². The number of rotatable bonds is 8. The zero-order valence-electron chi connectivity index (χ0n) is 16.4. The molecule has 2 rings (SSSR count). The number of nitrogens with zero attached hydrogens (tertiary/aromatic N) is 2. The van der Waals surface area contributed by atoms with Crippen molar-refractivity contribution >= 4 is 23.5 Å². The van der Waals surface area contributed by atoms with Crippen molar-refractivity contribution in [3.05, 3.63) is 34.9 Å². The summed E-state index contributed by atoms with van der Waals surface area (Å²) in [7, 11) is 1.35. The molecule has 1 aliphatic heterocycles. The molecule has 0 radical (unpaired) electrons. The van der Waals surface area contributed by atoms with E-state index in [9.17, 15) is 9.59 Å². The molecule has 0 unspecified atom stereocenters. The monoisotopic (exact) mass is 395 g/mol. The minimum Gasteiger partial charge on any atom is -0.467 e. The standard InChI is InChI=1S/C20H30ClN3O3/c1-15(2)11-18(20(26)27-3)22-19(25)14-24-9-7-23(8-10-24)13-16-5-4-6-17(21)12-16/h4-6,12,15,18H,7-11,13-14H2,1-3H3,(H,22,25)/t18-/m1/s1. The van der Waals surface area contributed by atoms with Crippen LogP contribution in [0, 0.1) is 5.92 Å². The molecule has 1 saturated heterocycles. The maximum absolute atomic E-state index is 12.3. The van der Waals surface area contributed by atoms with E-state index in [-0.39, 0.29) is 11.9 Å². The van der Waals surface area contributed by atoms with Crippen LogP contribution in [0.25, 0.3) is 0 Å². The van der Waals surface area contributed by atoms with E-state index >= 15 is 0 Å². The van der Waals surface area contributed by atoms with Gasteiger partial charge in [0.05, 0.1) is 13.7 Å². The van der Waals surface area contributed by atoms with Gasteiger partial charge in [-0.05, 0) is 30.0 Å². The summed E-state index contributed by atoms with van der Waals surface area (Å²) in [6, 6.07) is 7.33. The van der Waals surface area contributed by atoms with Crippen LogP contribution in [-0.2, 0) is 20.9 Å². The number of carbonyl (C=O) groups is 2. The maximum atomic E-state index is 12.3. The van der Waals surface area contributed by atoms with Gasteiger partial charge < -0.3 is 10.1 Å². The van der Waals surface area contributed by atoms with Crippen molar-refractivity contribution < 1.29 is 14.3 Å². The quantitative estimate of drug-likeness (QED) is 0.683. The first-order chi connectivity index (χ1) is 12.9. The van der Waals surface area contributed by atoms with E-state index in [1.54, 1.807) is 0 Å². The number of carbonyl (C=O) groups excluding carboxylic acids is 2. The van der Waals surface area contributed by atoms with Gasteiger partial charge in [0.15, 0.2) is 0 Å². The first kappa shape index (κ1) is 21.7. The summed E-state index contributed by atoms with van der Waals surface area (Å²) >= 11 is 6.04. The van der Waals surface area contributed by atoms with Gasteiger partial charge in [-0.2, -0.15) is 0 Å². The highest BCUT2D eigenvalue weighted by Crippen LogP contribution is 2.14. The van der Waals surface area contributed by atoms with Crippen LogP contribution >= 0.6 is 11.6 Å². The summed E-state index contributed by atoms with van der Waals surface area (Å²) < 4.78 is 4.80.